The van der Waals surface area contributed by atoms with Crippen LogP contribution in [0.1, 0.15) is 11.1 Å². The highest BCUT2D eigenvalue weighted by atomic mass is 35.5. The predicted molar refractivity (Wildman–Crippen MR) is 85.2 cm³/mol. The fraction of sp³-hybridized carbons (Fsp3) is 0.176. The molecule has 0 amide bonds. The molecule has 0 fully saturated rings. The van der Waals surface area contributed by atoms with Gasteiger partial charge in [0.15, 0.2) is 0 Å². The van der Waals surface area contributed by atoms with Crippen molar-refractivity contribution < 1.29 is 0 Å². The van der Waals surface area contributed by atoms with Gasteiger partial charge in [0.2, 0.25) is 0 Å². The van der Waals surface area contributed by atoms with E-state index >= 15 is 0 Å². The molecule has 3 heteroatoms. The minimum absolute atomic E-state index is 0.792. The lowest BCUT2D eigenvalue weighted by molar-refractivity contribution is 0.689. The fourth-order valence-corrected chi connectivity index (χ4v) is 2.51. The fourth-order valence-electron chi connectivity index (χ4n) is 2.38. The number of nitrogens with one attached hydrogen (secondary N) is 2. The molecule has 2 nitrogen and oxygen atoms in total. The molecule has 0 spiro atoms. The van der Waals surface area contributed by atoms with Crippen molar-refractivity contribution in [2.45, 2.75) is 13.0 Å². The van der Waals surface area contributed by atoms with Crippen molar-refractivity contribution in [2.24, 2.45) is 0 Å². The average Bonchev–Trinajstić information content (AvgIpc) is 2.89. The lowest BCUT2D eigenvalue weighted by atomic mass is 10.1. The van der Waals surface area contributed by atoms with E-state index < -0.39 is 0 Å². The van der Waals surface area contributed by atoms with Crippen LogP contribution < -0.4 is 5.32 Å². The molecule has 0 unspecified atom stereocenters. The summed E-state index contributed by atoms with van der Waals surface area (Å²) in [4.78, 5) is 3.30. The number of rotatable bonds is 5. The molecule has 3 aromatic rings. The molecule has 1 heterocycles. The zero-order valence-electron chi connectivity index (χ0n) is 11.2. The van der Waals surface area contributed by atoms with Crippen molar-refractivity contribution in [3.8, 4) is 0 Å². The predicted octanol–water partition coefficient (Wildman–Crippen LogP) is 4.15. The summed E-state index contributed by atoms with van der Waals surface area (Å²) >= 11 is 5.88. The summed E-state index contributed by atoms with van der Waals surface area (Å²) in [6.45, 7) is 1.85. The van der Waals surface area contributed by atoms with Crippen LogP contribution in [0.15, 0.2) is 54.7 Å². The molecule has 0 saturated heterocycles. The third kappa shape index (κ3) is 3.03. The van der Waals surface area contributed by atoms with Crippen LogP contribution in [-0.4, -0.2) is 11.5 Å². The van der Waals surface area contributed by atoms with Crippen molar-refractivity contribution in [3.05, 3.63) is 70.9 Å². The Morgan fingerprint density at radius 3 is 2.65 bits per heavy atom. The Kier molecular flexibility index (Phi) is 4.05. The SMILES string of the molecule is Clc1ccc(CCNCc2c[nH]c3ccccc23)cc1. The second-order valence-corrected chi connectivity index (χ2v) is 5.35. The van der Waals surface area contributed by atoms with Gasteiger partial charge < -0.3 is 10.3 Å². The summed E-state index contributed by atoms with van der Waals surface area (Å²) in [7, 11) is 0. The molecule has 3 rings (SSSR count). The lowest BCUT2D eigenvalue weighted by Gasteiger charge is -2.04. The number of H-pyrrole nitrogens is 1. The number of aromatic nitrogens is 1. The molecule has 0 aliphatic carbocycles. The van der Waals surface area contributed by atoms with Crippen molar-refractivity contribution in [1.29, 1.82) is 0 Å². The van der Waals surface area contributed by atoms with Gasteiger partial charge in [0.1, 0.15) is 0 Å². The van der Waals surface area contributed by atoms with Gasteiger partial charge in [0, 0.05) is 28.7 Å². The minimum atomic E-state index is 0.792. The summed E-state index contributed by atoms with van der Waals surface area (Å²) in [6.07, 6.45) is 3.10. The van der Waals surface area contributed by atoms with Crippen molar-refractivity contribution in [2.75, 3.05) is 6.54 Å². The monoisotopic (exact) mass is 284 g/mol. The van der Waals surface area contributed by atoms with Crippen LogP contribution in [0.3, 0.4) is 0 Å². The van der Waals surface area contributed by atoms with E-state index in [0.717, 1.165) is 24.5 Å². The van der Waals surface area contributed by atoms with Gasteiger partial charge in [-0.2, -0.15) is 0 Å². The van der Waals surface area contributed by atoms with Gasteiger partial charge in [-0.05, 0) is 42.3 Å². The van der Waals surface area contributed by atoms with Gasteiger partial charge in [-0.1, -0.05) is 41.9 Å². The first-order chi connectivity index (χ1) is 9.83. The second-order valence-electron chi connectivity index (χ2n) is 4.91. The van der Waals surface area contributed by atoms with E-state index in [4.69, 9.17) is 11.6 Å². The Bertz CT molecular complexity index is 686. The van der Waals surface area contributed by atoms with Gasteiger partial charge >= 0.3 is 0 Å². The number of hydrogen-bond acceptors (Lipinski definition) is 1. The molecule has 0 bridgehead atoms. The van der Waals surface area contributed by atoms with E-state index in [1.807, 2.05) is 12.1 Å². The van der Waals surface area contributed by atoms with E-state index in [-0.39, 0.29) is 0 Å². The Morgan fingerprint density at radius 2 is 1.80 bits per heavy atom. The zero-order chi connectivity index (χ0) is 13.8. The smallest absolute Gasteiger partial charge is 0.0457 e. The summed E-state index contributed by atoms with van der Waals surface area (Å²) < 4.78 is 0. The molecule has 20 heavy (non-hydrogen) atoms. The van der Waals surface area contributed by atoms with Gasteiger partial charge in [0.25, 0.3) is 0 Å². The molecule has 0 aliphatic rings. The molecule has 0 atom stereocenters. The maximum Gasteiger partial charge on any atom is 0.0457 e. The van der Waals surface area contributed by atoms with E-state index in [1.54, 1.807) is 0 Å². The molecule has 0 saturated carbocycles. The molecular formula is C17H17ClN2. The van der Waals surface area contributed by atoms with Crippen LogP contribution in [0.5, 0.6) is 0 Å². The minimum Gasteiger partial charge on any atom is -0.361 e. The summed E-state index contributed by atoms with van der Waals surface area (Å²) in [5, 5.41) is 5.58. The van der Waals surface area contributed by atoms with Crippen molar-refractivity contribution >= 4 is 22.5 Å². The van der Waals surface area contributed by atoms with Crippen LogP contribution in [0.4, 0.5) is 0 Å². The summed E-state index contributed by atoms with van der Waals surface area (Å²) in [6, 6.07) is 16.4. The first-order valence-electron chi connectivity index (χ1n) is 6.83. The van der Waals surface area contributed by atoms with Gasteiger partial charge in [-0.15, -0.1) is 0 Å². The van der Waals surface area contributed by atoms with E-state index in [1.165, 1.54) is 22.0 Å². The Morgan fingerprint density at radius 1 is 1.00 bits per heavy atom. The molecule has 0 radical (unpaired) electrons. The molecule has 2 N–H and O–H groups in total. The van der Waals surface area contributed by atoms with Gasteiger partial charge in [-0.25, -0.2) is 0 Å². The van der Waals surface area contributed by atoms with E-state index in [9.17, 15) is 0 Å². The Hall–Kier alpha value is -1.77. The zero-order valence-corrected chi connectivity index (χ0v) is 12.0. The maximum absolute atomic E-state index is 5.88. The normalized spacial score (nSPS) is 11.1. The Labute approximate surface area is 123 Å². The highest BCUT2D eigenvalue weighted by Crippen LogP contribution is 2.17. The Balaban J connectivity index is 1.54. The molecule has 0 aliphatic heterocycles. The second kappa shape index (κ2) is 6.12. The topological polar surface area (TPSA) is 27.8 Å². The summed E-state index contributed by atoms with van der Waals surface area (Å²) in [5.41, 5.74) is 3.82. The molecule has 1 aromatic heterocycles. The largest absolute Gasteiger partial charge is 0.361 e. The number of fused-ring (bicyclic) bond motifs is 1. The number of halogens is 1. The third-order valence-electron chi connectivity index (χ3n) is 3.49. The van der Waals surface area contributed by atoms with Crippen LogP contribution in [0, 0.1) is 0 Å². The number of hydrogen-bond donors (Lipinski definition) is 2. The van der Waals surface area contributed by atoms with Crippen LogP contribution in [-0.2, 0) is 13.0 Å². The first kappa shape index (κ1) is 13.2. The van der Waals surface area contributed by atoms with Gasteiger partial charge in [-0.3, -0.25) is 0 Å². The summed E-state index contributed by atoms with van der Waals surface area (Å²) in [5.74, 6) is 0. The maximum atomic E-state index is 5.88. The molecule has 2 aromatic carbocycles. The number of aromatic amines is 1. The highest BCUT2D eigenvalue weighted by molar-refractivity contribution is 6.30. The number of para-hydroxylation sites is 1. The molecule has 102 valence electrons. The third-order valence-corrected chi connectivity index (χ3v) is 3.75. The van der Waals surface area contributed by atoms with E-state index in [2.05, 4.69) is 52.9 Å². The average molecular weight is 285 g/mol. The van der Waals surface area contributed by atoms with Crippen LogP contribution >= 0.6 is 11.6 Å². The van der Waals surface area contributed by atoms with Gasteiger partial charge in [0.05, 0.1) is 0 Å². The number of benzene rings is 2. The standard InChI is InChI=1S/C17H17ClN2/c18-15-7-5-13(6-8-15)9-10-19-11-14-12-20-17-4-2-1-3-16(14)17/h1-8,12,19-20H,9-11H2. The van der Waals surface area contributed by atoms with Crippen molar-refractivity contribution in [1.82, 2.24) is 10.3 Å². The highest BCUT2D eigenvalue weighted by Gasteiger charge is 2.01. The first-order valence-corrected chi connectivity index (χ1v) is 7.21. The molecular weight excluding hydrogens is 268 g/mol. The van der Waals surface area contributed by atoms with E-state index in [0.29, 0.717) is 0 Å². The van der Waals surface area contributed by atoms with Crippen LogP contribution in [0.2, 0.25) is 5.02 Å². The lowest BCUT2D eigenvalue weighted by Crippen LogP contribution is -2.16. The van der Waals surface area contributed by atoms with Crippen molar-refractivity contribution in [3.63, 3.8) is 0 Å². The van der Waals surface area contributed by atoms with Crippen LogP contribution in [0.25, 0.3) is 10.9 Å². The quantitative estimate of drug-likeness (QED) is 0.677.